The van der Waals surface area contributed by atoms with Crippen LogP contribution in [-0.2, 0) is 19.6 Å². The quantitative estimate of drug-likeness (QED) is 0.522. The van der Waals surface area contributed by atoms with Crippen molar-refractivity contribution in [3.8, 4) is 0 Å². The van der Waals surface area contributed by atoms with Crippen molar-refractivity contribution in [2.45, 2.75) is 24.2 Å². The minimum Gasteiger partial charge on any atom is -0.385 e. The molecule has 0 saturated carbocycles. The van der Waals surface area contributed by atoms with Gasteiger partial charge in [0, 0.05) is 49.9 Å². The van der Waals surface area contributed by atoms with Gasteiger partial charge < -0.3 is 15.0 Å². The number of benzene rings is 2. The third-order valence-electron chi connectivity index (χ3n) is 5.45. The molecule has 3 rings (SSSR count). The second kappa shape index (κ2) is 11.5. The van der Waals surface area contributed by atoms with Crippen LogP contribution in [0.3, 0.4) is 0 Å². The van der Waals surface area contributed by atoms with Crippen LogP contribution in [0.5, 0.6) is 0 Å². The maximum absolute atomic E-state index is 13.0. The lowest BCUT2D eigenvalue weighted by Gasteiger charge is -2.31. The molecule has 1 heterocycles. The number of likely N-dealkylation sites (tertiary alicyclic amines) is 1. The molecule has 1 aliphatic rings. The highest BCUT2D eigenvalue weighted by Gasteiger charge is 2.28. The fraction of sp³-hybridized carbons (Fsp3) is 0.391. The van der Waals surface area contributed by atoms with Crippen molar-refractivity contribution in [1.82, 2.24) is 10.2 Å². The Balaban J connectivity index is 1.60. The van der Waals surface area contributed by atoms with Crippen molar-refractivity contribution in [3.63, 3.8) is 0 Å². The van der Waals surface area contributed by atoms with E-state index in [1.807, 2.05) is 0 Å². The Labute approximate surface area is 199 Å². The summed E-state index contributed by atoms with van der Waals surface area (Å²) in [6, 6.07) is 12.3. The first kappa shape index (κ1) is 25.0. The fourth-order valence-electron chi connectivity index (χ4n) is 3.66. The summed E-state index contributed by atoms with van der Waals surface area (Å²) in [6.07, 6.45) is 1.89. The Morgan fingerprint density at radius 1 is 1.12 bits per heavy atom. The number of halogens is 1. The van der Waals surface area contributed by atoms with E-state index in [1.54, 1.807) is 42.3 Å². The SMILES string of the molecule is COCCCNC(=O)C1CCN(C(=O)c2cccc(S(=O)(=O)Nc3cccc(Cl)c3)c2)CC1. The molecule has 8 nitrogen and oxygen atoms in total. The first-order valence-electron chi connectivity index (χ1n) is 10.7. The molecule has 2 N–H and O–H groups in total. The van der Waals surface area contributed by atoms with Gasteiger partial charge in [0.1, 0.15) is 0 Å². The van der Waals surface area contributed by atoms with Crippen LogP contribution < -0.4 is 10.0 Å². The highest BCUT2D eigenvalue weighted by Crippen LogP contribution is 2.23. The van der Waals surface area contributed by atoms with Gasteiger partial charge in [-0.1, -0.05) is 23.7 Å². The van der Waals surface area contributed by atoms with E-state index < -0.39 is 10.0 Å². The van der Waals surface area contributed by atoms with Crippen molar-refractivity contribution in [2.24, 2.45) is 5.92 Å². The second-order valence-electron chi connectivity index (χ2n) is 7.85. The summed E-state index contributed by atoms with van der Waals surface area (Å²) in [5.74, 6) is -0.391. The topological polar surface area (TPSA) is 105 Å². The standard InChI is InChI=1S/C23H28ClN3O5S/c1-32-14-4-11-25-22(28)17-9-12-27(13-10-17)23(29)18-5-2-8-21(15-18)33(30,31)26-20-7-3-6-19(24)16-20/h2-3,5-8,15-17,26H,4,9-14H2,1H3,(H,25,28). The lowest BCUT2D eigenvalue weighted by molar-refractivity contribution is -0.126. The van der Waals surface area contributed by atoms with E-state index in [-0.39, 0.29) is 28.2 Å². The van der Waals surface area contributed by atoms with Gasteiger partial charge in [0.05, 0.1) is 10.6 Å². The molecule has 0 bridgehead atoms. The van der Waals surface area contributed by atoms with Gasteiger partial charge in [-0.15, -0.1) is 0 Å². The zero-order valence-corrected chi connectivity index (χ0v) is 20.0. The minimum atomic E-state index is -3.89. The van der Waals surface area contributed by atoms with Gasteiger partial charge in [-0.05, 0) is 55.7 Å². The molecule has 2 aromatic rings. The number of sulfonamides is 1. The highest BCUT2D eigenvalue weighted by atomic mass is 35.5. The van der Waals surface area contributed by atoms with Gasteiger partial charge >= 0.3 is 0 Å². The number of rotatable bonds is 9. The maximum Gasteiger partial charge on any atom is 0.261 e. The van der Waals surface area contributed by atoms with Crippen molar-refractivity contribution in [3.05, 3.63) is 59.1 Å². The lowest BCUT2D eigenvalue weighted by atomic mass is 9.95. The van der Waals surface area contributed by atoms with E-state index in [9.17, 15) is 18.0 Å². The number of nitrogens with one attached hydrogen (secondary N) is 2. The van der Waals surface area contributed by atoms with E-state index in [2.05, 4.69) is 10.0 Å². The number of nitrogens with zero attached hydrogens (tertiary/aromatic N) is 1. The maximum atomic E-state index is 13.0. The van der Waals surface area contributed by atoms with Gasteiger partial charge in [0.2, 0.25) is 5.91 Å². The van der Waals surface area contributed by atoms with Crippen molar-refractivity contribution >= 4 is 39.1 Å². The Morgan fingerprint density at radius 2 is 1.85 bits per heavy atom. The summed E-state index contributed by atoms with van der Waals surface area (Å²) >= 11 is 5.92. The summed E-state index contributed by atoms with van der Waals surface area (Å²) in [7, 11) is -2.27. The van der Waals surface area contributed by atoms with Crippen LogP contribution >= 0.6 is 11.6 Å². The number of amides is 2. The Morgan fingerprint density at radius 3 is 2.55 bits per heavy atom. The normalized spacial score (nSPS) is 14.7. The third-order valence-corrected chi connectivity index (χ3v) is 7.06. The average molecular weight is 494 g/mol. The number of methoxy groups -OCH3 is 1. The van der Waals surface area contributed by atoms with Crippen LogP contribution in [0.25, 0.3) is 0 Å². The Hall–Kier alpha value is -2.62. The lowest BCUT2D eigenvalue weighted by Crippen LogP contribution is -2.43. The Bertz CT molecular complexity index is 1090. The molecule has 10 heteroatoms. The molecule has 1 fully saturated rings. The summed E-state index contributed by atoms with van der Waals surface area (Å²) < 4.78 is 33.0. The molecule has 0 spiro atoms. The average Bonchev–Trinajstić information content (AvgIpc) is 2.81. The van der Waals surface area contributed by atoms with Crippen molar-refractivity contribution in [2.75, 3.05) is 38.1 Å². The molecule has 33 heavy (non-hydrogen) atoms. The molecule has 1 aliphatic heterocycles. The highest BCUT2D eigenvalue weighted by molar-refractivity contribution is 7.92. The van der Waals surface area contributed by atoms with E-state index >= 15 is 0 Å². The predicted octanol–water partition coefficient (Wildman–Crippen LogP) is 3.15. The monoisotopic (exact) mass is 493 g/mol. The molecule has 0 atom stereocenters. The molecular weight excluding hydrogens is 466 g/mol. The number of ether oxygens (including phenoxy) is 1. The number of hydrogen-bond donors (Lipinski definition) is 2. The molecular formula is C23H28ClN3O5S. The molecule has 0 radical (unpaired) electrons. The van der Waals surface area contributed by atoms with Gasteiger partial charge in [-0.3, -0.25) is 14.3 Å². The number of anilines is 1. The molecule has 0 aliphatic carbocycles. The minimum absolute atomic E-state index is 0.00150. The molecule has 0 unspecified atom stereocenters. The van der Waals surface area contributed by atoms with Crippen LogP contribution in [0.15, 0.2) is 53.4 Å². The number of carbonyl (C=O) groups is 2. The van der Waals surface area contributed by atoms with Crippen molar-refractivity contribution < 1.29 is 22.7 Å². The smallest absolute Gasteiger partial charge is 0.261 e. The van der Waals surface area contributed by atoms with E-state index in [4.69, 9.17) is 16.3 Å². The molecule has 2 amide bonds. The van der Waals surface area contributed by atoms with Crippen LogP contribution in [-0.4, -0.2) is 58.5 Å². The first-order chi connectivity index (χ1) is 15.8. The largest absolute Gasteiger partial charge is 0.385 e. The summed E-state index contributed by atoms with van der Waals surface area (Å²) in [5.41, 5.74) is 0.619. The molecule has 2 aromatic carbocycles. The van der Waals surface area contributed by atoms with Gasteiger partial charge in [-0.2, -0.15) is 0 Å². The summed E-state index contributed by atoms with van der Waals surface area (Å²) in [5, 5.41) is 3.31. The van der Waals surface area contributed by atoms with E-state index in [0.29, 0.717) is 49.8 Å². The molecule has 0 aromatic heterocycles. The van der Waals surface area contributed by atoms with Gasteiger partial charge in [0.15, 0.2) is 0 Å². The summed E-state index contributed by atoms with van der Waals surface area (Å²) in [6.45, 7) is 2.03. The zero-order valence-electron chi connectivity index (χ0n) is 18.4. The second-order valence-corrected chi connectivity index (χ2v) is 9.97. The number of hydrogen-bond acceptors (Lipinski definition) is 5. The number of piperidine rings is 1. The van der Waals surface area contributed by atoms with E-state index in [1.165, 1.54) is 18.2 Å². The van der Waals surface area contributed by atoms with E-state index in [0.717, 1.165) is 6.42 Å². The van der Waals surface area contributed by atoms with Gasteiger partial charge in [-0.25, -0.2) is 8.42 Å². The van der Waals surface area contributed by atoms with Crippen molar-refractivity contribution in [1.29, 1.82) is 0 Å². The van der Waals surface area contributed by atoms with Crippen LogP contribution in [0.4, 0.5) is 5.69 Å². The van der Waals surface area contributed by atoms with Crippen LogP contribution in [0.1, 0.15) is 29.6 Å². The Kier molecular flexibility index (Phi) is 8.71. The number of carbonyl (C=O) groups excluding carboxylic acids is 2. The fourth-order valence-corrected chi connectivity index (χ4v) is 4.95. The van der Waals surface area contributed by atoms with Crippen LogP contribution in [0, 0.1) is 5.92 Å². The van der Waals surface area contributed by atoms with Crippen LogP contribution in [0.2, 0.25) is 5.02 Å². The zero-order chi connectivity index (χ0) is 23.8. The predicted molar refractivity (Wildman–Crippen MR) is 127 cm³/mol. The summed E-state index contributed by atoms with van der Waals surface area (Å²) in [4.78, 5) is 26.9. The molecule has 1 saturated heterocycles. The third kappa shape index (κ3) is 6.93. The molecule has 178 valence electrons. The van der Waals surface area contributed by atoms with Gasteiger partial charge in [0.25, 0.3) is 15.9 Å². The first-order valence-corrected chi connectivity index (χ1v) is 12.6.